The molecule has 2 atom stereocenters. The second-order valence-corrected chi connectivity index (χ2v) is 8.79. The molecule has 1 heterocycles. The van der Waals surface area contributed by atoms with E-state index in [9.17, 15) is 4.79 Å². The van der Waals surface area contributed by atoms with Gasteiger partial charge < -0.3 is 14.5 Å². The molecule has 0 unspecified atom stereocenters. The Labute approximate surface area is 149 Å². The summed E-state index contributed by atoms with van der Waals surface area (Å²) in [5.74, 6) is 0. The van der Waals surface area contributed by atoms with E-state index in [1.54, 1.807) is 0 Å². The summed E-state index contributed by atoms with van der Waals surface area (Å²) >= 11 is 0. The number of carbonyl (C=O) groups is 1. The van der Waals surface area contributed by atoms with Gasteiger partial charge in [-0.15, -0.1) is 6.58 Å². The molecule has 0 aliphatic carbocycles. The van der Waals surface area contributed by atoms with Crippen LogP contribution in [-0.4, -0.2) is 52.2 Å². The van der Waals surface area contributed by atoms with Gasteiger partial charge in [0.25, 0.3) is 0 Å². The SMILES string of the molecule is C=C[C@@H]1[C@@H](COCCCCCC)N(C(C)(C)C)C(=O)N1C(C)(C)C. The molecule has 0 radical (unpaired) electrons. The van der Waals surface area contributed by atoms with Gasteiger partial charge in [0.1, 0.15) is 0 Å². The normalized spacial score (nSPS) is 22.4. The third-order valence-corrected chi connectivity index (χ3v) is 4.55. The van der Waals surface area contributed by atoms with E-state index in [2.05, 4.69) is 55.0 Å². The topological polar surface area (TPSA) is 32.8 Å². The molecule has 0 aromatic heterocycles. The minimum absolute atomic E-state index is 0.0143. The van der Waals surface area contributed by atoms with Crippen molar-refractivity contribution in [3.63, 3.8) is 0 Å². The highest BCUT2D eigenvalue weighted by atomic mass is 16.5. The van der Waals surface area contributed by atoms with Crippen molar-refractivity contribution < 1.29 is 9.53 Å². The molecule has 0 bridgehead atoms. The fourth-order valence-electron chi connectivity index (χ4n) is 3.50. The van der Waals surface area contributed by atoms with Crippen molar-refractivity contribution in [3.8, 4) is 0 Å². The van der Waals surface area contributed by atoms with E-state index in [4.69, 9.17) is 4.74 Å². The van der Waals surface area contributed by atoms with Gasteiger partial charge >= 0.3 is 6.03 Å². The molecule has 0 N–H and O–H groups in total. The average Bonchev–Trinajstić information content (AvgIpc) is 2.74. The lowest BCUT2D eigenvalue weighted by Crippen LogP contribution is -2.51. The summed E-state index contributed by atoms with van der Waals surface area (Å²) in [5.41, 5.74) is -0.482. The minimum atomic E-state index is -0.241. The highest BCUT2D eigenvalue weighted by molar-refractivity contribution is 5.80. The molecule has 4 nitrogen and oxygen atoms in total. The van der Waals surface area contributed by atoms with E-state index in [-0.39, 0.29) is 29.2 Å². The van der Waals surface area contributed by atoms with Crippen LogP contribution >= 0.6 is 0 Å². The summed E-state index contributed by atoms with van der Waals surface area (Å²) in [6.45, 7) is 20.0. The Morgan fingerprint density at radius 2 is 1.62 bits per heavy atom. The number of amides is 2. The second kappa shape index (κ2) is 8.37. The van der Waals surface area contributed by atoms with Crippen LogP contribution in [0.25, 0.3) is 0 Å². The number of hydrogen-bond acceptors (Lipinski definition) is 2. The summed E-state index contributed by atoms with van der Waals surface area (Å²) < 4.78 is 5.96. The Morgan fingerprint density at radius 1 is 1.04 bits per heavy atom. The molecule has 0 saturated carbocycles. The van der Waals surface area contributed by atoms with Crippen molar-refractivity contribution in [1.29, 1.82) is 0 Å². The molecule has 1 aliphatic rings. The highest BCUT2D eigenvalue weighted by Gasteiger charge is 2.51. The summed E-state index contributed by atoms with van der Waals surface area (Å²) in [6, 6.07) is 0.0762. The molecule has 0 aromatic rings. The number of urea groups is 1. The molecular weight excluding hydrogens is 300 g/mol. The fourth-order valence-corrected chi connectivity index (χ4v) is 3.50. The molecule has 0 aromatic carbocycles. The smallest absolute Gasteiger partial charge is 0.321 e. The third kappa shape index (κ3) is 4.98. The van der Waals surface area contributed by atoms with Crippen LogP contribution in [0.5, 0.6) is 0 Å². The first-order chi connectivity index (χ1) is 11.1. The monoisotopic (exact) mass is 338 g/mol. The third-order valence-electron chi connectivity index (χ3n) is 4.55. The summed E-state index contributed by atoms with van der Waals surface area (Å²) in [6.07, 6.45) is 6.69. The largest absolute Gasteiger partial charge is 0.379 e. The molecular formula is C20H38N2O2. The Kier molecular flexibility index (Phi) is 7.33. The van der Waals surface area contributed by atoms with Crippen LogP contribution in [0.4, 0.5) is 4.79 Å². The summed E-state index contributed by atoms with van der Waals surface area (Å²) in [4.78, 5) is 17.0. The Morgan fingerprint density at radius 3 is 2.08 bits per heavy atom. The van der Waals surface area contributed by atoms with Crippen LogP contribution in [0, 0.1) is 0 Å². The molecule has 4 heteroatoms. The molecule has 1 fully saturated rings. The number of rotatable bonds is 8. The zero-order valence-corrected chi connectivity index (χ0v) is 16.9. The lowest BCUT2D eigenvalue weighted by molar-refractivity contribution is 0.0499. The molecule has 24 heavy (non-hydrogen) atoms. The van der Waals surface area contributed by atoms with Gasteiger partial charge in [-0.05, 0) is 48.0 Å². The number of carbonyl (C=O) groups excluding carboxylic acids is 1. The van der Waals surface area contributed by atoms with E-state index in [1.807, 2.05) is 15.9 Å². The first-order valence-corrected chi connectivity index (χ1v) is 9.38. The van der Waals surface area contributed by atoms with E-state index < -0.39 is 0 Å². The van der Waals surface area contributed by atoms with Crippen LogP contribution in [0.15, 0.2) is 12.7 Å². The molecule has 1 aliphatic heterocycles. The van der Waals surface area contributed by atoms with Crippen LogP contribution < -0.4 is 0 Å². The Balaban J connectivity index is 2.87. The summed E-state index contributed by atoms with van der Waals surface area (Å²) in [7, 11) is 0. The Bertz CT molecular complexity index is 420. The van der Waals surface area contributed by atoms with Crippen molar-refractivity contribution in [2.45, 2.75) is 97.3 Å². The average molecular weight is 339 g/mol. The van der Waals surface area contributed by atoms with Gasteiger partial charge in [0.15, 0.2) is 0 Å². The highest BCUT2D eigenvalue weighted by Crippen LogP contribution is 2.35. The van der Waals surface area contributed by atoms with E-state index in [0.29, 0.717) is 6.61 Å². The van der Waals surface area contributed by atoms with Gasteiger partial charge in [-0.25, -0.2) is 4.79 Å². The van der Waals surface area contributed by atoms with E-state index >= 15 is 0 Å². The number of unbranched alkanes of at least 4 members (excludes halogenated alkanes) is 3. The van der Waals surface area contributed by atoms with Gasteiger partial charge in [-0.2, -0.15) is 0 Å². The predicted molar refractivity (Wildman–Crippen MR) is 101 cm³/mol. The molecule has 1 saturated heterocycles. The lowest BCUT2D eigenvalue weighted by atomic mass is 9.99. The second-order valence-electron chi connectivity index (χ2n) is 8.79. The lowest BCUT2D eigenvalue weighted by Gasteiger charge is -2.37. The van der Waals surface area contributed by atoms with E-state index in [1.165, 1.54) is 19.3 Å². The maximum atomic E-state index is 13.1. The predicted octanol–water partition coefficient (Wildman–Crippen LogP) is 4.84. The number of nitrogens with zero attached hydrogens (tertiary/aromatic N) is 2. The van der Waals surface area contributed by atoms with Crippen LogP contribution in [0.2, 0.25) is 0 Å². The Hall–Kier alpha value is -1.03. The first kappa shape index (κ1) is 21.0. The molecule has 2 amide bonds. The van der Waals surface area contributed by atoms with E-state index in [0.717, 1.165) is 13.0 Å². The maximum absolute atomic E-state index is 13.1. The van der Waals surface area contributed by atoms with Crippen molar-refractivity contribution in [1.82, 2.24) is 9.80 Å². The number of ether oxygens (including phenoxy) is 1. The van der Waals surface area contributed by atoms with Gasteiger partial charge in [0.05, 0.1) is 18.7 Å². The first-order valence-electron chi connectivity index (χ1n) is 9.38. The van der Waals surface area contributed by atoms with Gasteiger partial charge in [-0.3, -0.25) is 0 Å². The van der Waals surface area contributed by atoms with Crippen molar-refractivity contribution in [2.75, 3.05) is 13.2 Å². The van der Waals surface area contributed by atoms with Crippen LogP contribution in [0.3, 0.4) is 0 Å². The fraction of sp³-hybridized carbons (Fsp3) is 0.850. The van der Waals surface area contributed by atoms with Crippen molar-refractivity contribution in [2.24, 2.45) is 0 Å². The van der Waals surface area contributed by atoms with Gasteiger partial charge in [0.2, 0.25) is 0 Å². The van der Waals surface area contributed by atoms with Gasteiger partial charge in [-0.1, -0.05) is 32.3 Å². The summed E-state index contributed by atoms with van der Waals surface area (Å²) in [5, 5.41) is 0. The zero-order chi connectivity index (χ0) is 18.5. The van der Waals surface area contributed by atoms with Gasteiger partial charge in [0, 0.05) is 17.7 Å². The molecule has 140 valence electrons. The van der Waals surface area contributed by atoms with Crippen molar-refractivity contribution in [3.05, 3.63) is 12.7 Å². The quantitative estimate of drug-likeness (QED) is 0.468. The molecule has 1 rings (SSSR count). The number of hydrogen-bond donors (Lipinski definition) is 0. The molecule has 0 spiro atoms. The maximum Gasteiger partial charge on any atom is 0.321 e. The standard InChI is InChI=1S/C20H38N2O2/c1-9-11-12-13-14-24-15-17-16(10-2)21(19(3,4)5)18(23)22(17)20(6,7)8/h10,16-17H,2,9,11-15H2,1,3-8H3/t16-,17-/m1/s1. The minimum Gasteiger partial charge on any atom is -0.379 e. The zero-order valence-electron chi connectivity index (χ0n) is 16.9. The van der Waals surface area contributed by atoms with Crippen LogP contribution in [0.1, 0.15) is 74.1 Å². The van der Waals surface area contributed by atoms with Crippen molar-refractivity contribution >= 4 is 6.03 Å². The van der Waals surface area contributed by atoms with Crippen LogP contribution in [-0.2, 0) is 4.74 Å².